The van der Waals surface area contributed by atoms with Gasteiger partial charge in [0.15, 0.2) is 0 Å². The largest absolute Gasteiger partial charge is 0.444 e. The van der Waals surface area contributed by atoms with Crippen molar-refractivity contribution in [3.05, 3.63) is 0 Å². The zero-order chi connectivity index (χ0) is 14.8. The Morgan fingerprint density at radius 2 is 2.05 bits per heavy atom. The fourth-order valence-electron chi connectivity index (χ4n) is 3.34. The molecule has 0 aromatic heterocycles. The number of hydrogen-bond acceptors (Lipinski definition) is 4. The Morgan fingerprint density at radius 3 is 2.60 bits per heavy atom. The number of nitrogens with zero attached hydrogens (tertiary/aromatic N) is 1. The van der Waals surface area contributed by atoms with Crippen LogP contribution in [0.1, 0.15) is 46.5 Å². The molecule has 0 aliphatic carbocycles. The molecule has 1 amide bonds. The summed E-state index contributed by atoms with van der Waals surface area (Å²) in [4.78, 5) is 13.9. The Balaban J connectivity index is 1.90. The summed E-state index contributed by atoms with van der Waals surface area (Å²) >= 11 is 0. The molecule has 2 saturated heterocycles. The maximum atomic E-state index is 12.1. The Hall–Kier alpha value is -0.810. The summed E-state index contributed by atoms with van der Waals surface area (Å²) in [7, 11) is 0. The van der Waals surface area contributed by atoms with Crippen molar-refractivity contribution in [3.8, 4) is 0 Å². The zero-order valence-electron chi connectivity index (χ0n) is 13.0. The van der Waals surface area contributed by atoms with Crippen LogP contribution in [0.15, 0.2) is 0 Å². The highest BCUT2D eigenvalue weighted by Crippen LogP contribution is 2.42. The van der Waals surface area contributed by atoms with Crippen LogP contribution >= 0.6 is 0 Å². The molecule has 2 aliphatic heterocycles. The molecule has 1 atom stereocenters. The van der Waals surface area contributed by atoms with Crippen molar-refractivity contribution in [1.82, 2.24) is 4.90 Å². The summed E-state index contributed by atoms with van der Waals surface area (Å²) < 4.78 is 11.5. The summed E-state index contributed by atoms with van der Waals surface area (Å²) in [6.07, 6.45) is 3.71. The minimum absolute atomic E-state index is 0.0438. The number of likely N-dealkylation sites (tertiary alicyclic amines) is 1. The molecule has 1 spiro atoms. The van der Waals surface area contributed by atoms with Gasteiger partial charge >= 0.3 is 6.09 Å². The molecule has 2 rings (SSSR count). The summed E-state index contributed by atoms with van der Waals surface area (Å²) in [6, 6.07) is 0. The van der Waals surface area contributed by atoms with Gasteiger partial charge in [0.2, 0.25) is 0 Å². The van der Waals surface area contributed by atoms with Crippen molar-refractivity contribution in [3.63, 3.8) is 0 Å². The number of carbonyl (C=O) groups is 1. The lowest BCUT2D eigenvalue weighted by atomic mass is 9.78. The molecule has 0 aromatic rings. The third-order valence-electron chi connectivity index (χ3n) is 4.38. The average Bonchev–Trinajstić information content (AvgIpc) is 2.72. The van der Waals surface area contributed by atoms with Crippen molar-refractivity contribution < 1.29 is 14.3 Å². The molecule has 2 fully saturated rings. The predicted molar refractivity (Wildman–Crippen MR) is 77.5 cm³/mol. The first-order chi connectivity index (χ1) is 9.36. The lowest BCUT2D eigenvalue weighted by Gasteiger charge is -2.42. The van der Waals surface area contributed by atoms with Gasteiger partial charge in [-0.3, -0.25) is 0 Å². The number of amides is 1. The highest BCUT2D eigenvalue weighted by atomic mass is 16.6. The highest BCUT2D eigenvalue weighted by molar-refractivity contribution is 5.68. The van der Waals surface area contributed by atoms with E-state index in [1.807, 2.05) is 20.8 Å². The van der Waals surface area contributed by atoms with E-state index >= 15 is 0 Å². The number of carbonyl (C=O) groups excluding carboxylic acids is 1. The van der Waals surface area contributed by atoms with Gasteiger partial charge in [-0.2, -0.15) is 0 Å². The number of piperidine rings is 1. The van der Waals surface area contributed by atoms with E-state index in [0.717, 1.165) is 45.4 Å². The molecule has 20 heavy (non-hydrogen) atoms. The van der Waals surface area contributed by atoms with Crippen LogP contribution in [-0.4, -0.2) is 48.4 Å². The quantitative estimate of drug-likeness (QED) is 0.843. The minimum atomic E-state index is -0.432. The van der Waals surface area contributed by atoms with E-state index in [-0.39, 0.29) is 11.7 Å². The van der Waals surface area contributed by atoms with Crippen molar-refractivity contribution >= 4 is 6.09 Å². The Kier molecular flexibility index (Phi) is 4.59. The lowest BCUT2D eigenvalue weighted by molar-refractivity contribution is -0.0695. The molecule has 2 aliphatic rings. The fraction of sp³-hybridized carbons (Fsp3) is 0.933. The summed E-state index contributed by atoms with van der Waals surface area (Å²) in [6.45, 7) is 8.67. The Bertz CT molecular complexity index is 344. The van der Waals surface area contributed by atoms with Gasteiger partial charge in [-0.1, -0.05) is 0 Å². The third kappa shape index (κ3) is 3.44. The van der Waals surface area contributed by atoms with Crippen LogP contribution < -0.4 is 5.73 Å². The first-order valence-corrected chi connectivity index (χ1v) is 7.68. The first kappa shape index (κ1) is 15.6. The van der Waals surface area contributed by atoms with E-state index in [2.05, 4.69) is 0 Å². The van der Waals surface area contributed by atoms with Gasteiger partial charge in [-0.25, -0.2) is 4.79 Å². The fourth-order valence-corrected chi connectivity index (χ4v) is 3.34. The molecule has 0 aromatic carbocycles. The van der Waals surface area contributed by atoms with E-state index < -0.39 is 5.60 Å². The van der Waals surface area contributed by atoms with Gasteiger partial charge in [0.05, 0.1) is 5.60 Å². The molecular weight excluding hydrogens is 256 g/mol. The third-order valence-corrected chi connectivity index (χ3v) is 4.38. The number of hydrogen-bond donors (Lipinski definition) is 1. The number of rotatable bonds is 2. The van der Waals surface area contributed by atoms with E-state index in [9.17, 15) is 4.79 Å². The van der Waals surface area contributed by atoms with Crippen LogP contribution in [0, 0.1) is 5.92 Å². The first-order valence-electron chi connectivity index (χ1n) is 7.68. The van der Waals surface area contributed by atoms with Gasteiger partial charge in [0, 0.05) is 19.7 Å². The standard InChI is InChI=1S/C15H28N2O3/c1-14(2,3)20-13(18)17-9-6-15(7-10-17)12(4-8-16)5-11-19-15/h12H,4-11,16H2,1-3H3/t12-/m1/s1. The molecule has 0 bridgehead atoms. The van der Waals surface area contributed by atoms with Crippen LogP contribution in [0.25, 0.3) is 0 Å². The van der Waals surface area contributed by atoms with Crippen LogP contribution in [0.2, 0.25) is 0 Å². The van der Waals surface area contributed by atoms with Crippen molar-refractivity contribution in [2.45, 2.75) is 57.7 Å². The molecule has 5 nitrogen and oxygen atoms in total. The lowest BCUT2D eigenvalue weighted by Crippen LogP contribution is -2.50. The van der Waals surface area contributed by atoms with E-state index in [4.69, 9.17) is 15.2 Å². The molecule has 2 heterocycles. The SMILES string of the molecule is CC(C)(C)OC(=O)N1CCC2(CC1)OCC[C@H]2CCN. The summed E-state index contributed by atoms with van der Waals surface area (Å²) in [5.74, 6) is 0.549. The molecule has 5 heteroatoms. The van der Waals surface area contributed by atoms with E-state index in [0.29, 0.717) is 12.5 Å². The maximum Gasteiger partial charge on any atom is 0.410 e. The minimum Gasteiger partial charge on any atom is -0.444 e. The maximum absolute atomic E-state index is 12.1. The van der Waals surface area contributed by atoms with Crippen molar-refractivity contribution in [1.29, 1.82) is 0 Å². The normalized spacial score (nSPS) is 26.0. The van der Waals surface area contributed by atoms with Crippen LogP contribution in [0.5, 0.6) is 0 Å². The number of nitrogens with two attached hydrogens (primary N) is 1. The Morgan fingerprint density at radius 1 is 1.40 bits per heavy atom. The van der Waals surface area contributed by atoms with Crippen molar-refractivity contribution in [2.24, 2.45) is 11.7 Å². The molecule has 0 radical (unpaired) electrons. The van der Waals surface area contributed by atoms with E-state index in [1.165, 1.54) is 0 Å². The molecule has 0 unspecified atom stereocenters. The van der Waals surface area contributed by atoms with Crippen LogP contribution in [0.4, 0.5) is 4.79 Å². The highest BCUT2D eigenvalue weighted by Gasteiger charge is 2.46. The Labute approximate surface area is 121 Å². The van der Waals surface area contributed by atoms with Gasteiger partial charge in [0.25, 0.3) is 0 Å². The predicted octanol–water partition coefficient (Wildman–Crippen LogP) is 2.14. The van der Waals surface area contributed by atoms with Gasteiger partial charge in [-0.05, 0) is 58.9 Å². The second-order valence-corrected chi connectivity index (χ2v) is 6.94. The van der Waals surface area contributed by atoms with E-state index in [1.54, 1.807) is 4.90 Å². The number of ether oxygens (including phenoxy) is 2. The molecule has 0 saturated carbocycles. The van der Waals surface area contributed by atoms with Crippen molar-refractivity contribution in [2.75, 3.05) is 26.2 Å². The topological polar surface area (TPSA) is 64.8 Å². The molecule has 116 valence electrons. The average molecular weight is 284 g/mol. The zero-order valence-corrected chi connectivity index (χ0v) is 13.0. The second kappa shape index (κ2) is 5.90. The van der Waals surface area contributed by atoms with Gasteiger partial charge in [0.1, 0.15) is 5.60 Å². The smallest absolute Gasteiger partial charge is 0.410 e. The molecule has 2 N–H and O–H groups in total. The molecular formula is C15H28N2O3. The monoisotopic (exact) mass is 284 g/mol. The second-order valence-electron chi connectivity index (χ2n) is 6.94. The summed E-state index contributed by atoms with van der Waals surface area (Å²) in [5, 5.41) is 0. The van der Waals surface area contributed by atoms with Gasteiger partial charge in [-0.15, -0.1) is 0 Å². The van der Waals surface area contributed by atoms with Gasteiger partial charge < -0.3 is 20.1 Å². The van der Waals surface area contributed by atoms with Crippen LogP contribution in [0.3, 0.4) is 0 Å². The van der Waals surface area contributed by atoms with Crippen LogP contribution in [-0.2, 0) is 9.47 Å². The summed E-state index contributed by atoms with van der Waals surface area (Å²) in [5.41, 5.74) is 5.23.